The summed E-state index contributed by atoms with van der Waals surface area (Å²) in [6.07, 6.45) is -0.997. The lowest BCUT2D eigenvalue weighted by Gasteiger charge is -2.13. The van der Waals surface area contributed by atoms with Gasteiger partial charge in [0.25, 0.3) is 5.91 Å². The predicted octanol–water partition coefficient (Wildman–Crippen LogP) is 3.72. The molecule has 0 unspecified atom stereocenters. The highest BCUT2D eigenvalue weighted by Gasteiger charge is 2.23. The topological polar surface area (TPSA) is 86.1 Å². The lowest BCUT2D eigenvalue weighted by molar-refractivity contribution is -0.123. The fourth-order valence-electron chi connectivity index (χ4n) is 2.52. The number of carbonyl (C=O) groups is 2. The van der Waals surface area contributed by atoms with Crippen molar-refractivity contribution in [3.63, 3.8) is 0 Å². The molecule has 28 heavy (non-hydrogen) atoms. The number of rotatable bonds is 5. The molecule has 8 heteroatoms. The van der Waals surface area contributed by atoms with Crippen molar-refractivity contribution in [1.29, 1.82) is 0 Å². The summed E-state index contributed by atoms with van der Waals surface area (Å²) in [5.41, 5.74) is 2.68. The Labute approximate surface area is 167 Å². The quantitative estimate of drug-likeness (QED) is 0.662. The Bertz CT molecular complexity index is 1030. The van der Waals surface area contributed by atoms with Crippen LogP contribution in [0.15, 0.2) is 48.5 Å². The average molecular weight is 399 g/mol. The molecule has 0 spiro atoms. The Morgan fingerprint density at radius 3 is 2.57 bits per heavy atom. The first-order chi connectivity index (χ1) is 13.3. The smallest absolute Gasteiger partial charge is 0.361 e. The van der Waals surface area contributed by atoms with Gasteiger partial charge in [-0.3, -0.25) is 4.79 Å². The molecule has 0 saturated carbocycles. The van der Waals surface area contributed by atoms with E-state index in [4.69, 9.17) is 16.3 Å². The third-order valence-corrected chi connectivity index (χ3v) is 4.19. The Kier molecular flexibility index (Phi) is 5.75. The molecule has 0 bridgehead atoms. The molecular weight excluding hydrogens is 380 g/mol. The van der Waals surface area contributed by atoms with Gasteiger partial charge in [-0.25, -0.2) is 4.79 Å². The first-order valence-electron chi connectivity index (χ1n) is 8.62. The van der Waals surface area contributed by atoms with Crippen LogP contribution in [0.25, 0.3) is 5.69 Å². The van der Waals surface area contributed by atoms with Crippen LogP contribution in [0.2, 0.25) is 5.02 Å². The van der Waals surface area contributed by atoms with Crippen molar-refractivity contribution < 1.29 is 14.3 Å². The number of ether oxygens (including phenoxy) is 1. The maximum absolute atomic E-state index is 12.5. The van der Waals surface area contributed by atoms with Gasteiger partial charge in [-0.2, -0.15) is 9.90 Å². The monoisotopic (exact) mass is 398 g/mol. The van der Waals surface area contributed by atoms with E-state index in [1.807, 2.05) is 25.1 Å². The second-order valence-electron chi connectivity index (χ2n) is 6.31. The number of aryl methyl sites for hydroxylation is 2. The van der Waals surface area contributed by atoms with Crippen LogP contribution in [0.4, 0.5) is 5.69 Å². The zero-order chi connectivity index (χ0) is 20.3. The summed E-state index contributed by atoms with van der Waals surface area (Å²) in [4.78, 5) is 26.1. The van der Waals surface area contributed by atoms with Crippen LogP contribution in [0.5, 0.6) is 0 Å². The minimum atomic E-state index is -0.997. The van der Waals surface area contributed by atoms with Gasteiger partial charge in [-0.1, -0.05) is 29.8 Å². The SMILES string of the molecule is Cc1cccc(NC(=O)[C@H](C)OC(=O)c2nn(-c3cccc(Cl)c3)nc2C)c1. The summed E-state index contributed by atoms with van der Waals surface area (Å²) in [6, 6.07) is 14.3. The number of hydrogen-bond acceptors (Lipinski definition) is 5. The first kappa shape index (κ1) is 19.6. The number of carbonyl (C=O) groups excluding carboxylic acids is 2. The molecule has 1 aromatic heterocycles. The lowest BCUT2D eigenvalue weighted by atomic mass is 10.2. The molecule has 3 aromatic rings. The molecule has 144 valence electrons. The normalized spacial score (nSPS) is 11.7. The number of amides is 1. The number of anilines is 1. The summed E-state index contributed by atoms with van der Waals surface area (Å²) in [5.74, 6) is -1.16. The van der Waals surface area contributed by atoms with Crippen LogP contribution in [0, 0.1) is 13.8 Å². The van der Waals surface area contributed by atoms with Gasteiger partial charge >= 0.3 is 5.97 Å². The van der Waals surface area contributed by atoms with Crippen molar-refractivity contribution in [3.05, 3.63) is 70.5 Å². The van der Waals surface area contributed by atoms with Gasteiger partial charge in [0.2, 0.25) is 0 Å². The van der Waals surface area contributed by atoms with Gasteiger partial charge in [0.15, 0.2) is 11.8 Å². The van der Waals surface area contributed by atoms with Crippen LogP contribution in [0.1, 0.15) is 28.7 Å². The third kappa shape index (κ3) is 4.55. The Balaban J connectivity index is 1.69. The summed E-state index contributed by atoms with van der Waals surface area (Å²) in [7, 11) is 0. The maximum atomic E-state index is 12.5. The number of nitrogens with one attached hydrogen (secondary N) is 1. The molecule has 0 aliphatic heterocycles. The minimum absolute atomic E-state index is 0.0372. The van der Waals surface area contributed by atoms with Gasteiger partial charge in [0, 0.05) is 10.7 Å². The van der Waals surface area contributed by atoms with E-state index in [2.05, 4.69) is 15.5 Å². The summed E-state index contributed by atoms with van der Waals surface area (Å²) in [5, 5.41) is 11.6. The minimum Gasteiger partial charge on any atom is -0.448 e. The van der Waals surface area contributed by atoms with E-state index in [1.54, 1.807) is 37.3 Å². The van der Waals surface area contributed by atoms with Crippen molar-refractivity contribution in [2.45, 2.75) is 26.9 Å². The van der Waals surface area contributed by atoms with E-state index >= 15 is 0 Å². The van der Waals surface area contributed by atoms with Crippen LogP contribution in [-0.4, -0.2) is 33.0 Å². The predicted molar refractivity (Wildman–Crippen MR) is 106 cm³/mol. The third-order valence-electron chi connectivity index (χ3n) is 3.95. The Morgan fingerprint density at radius 1 is 1.11 bits per heavy atom. The van der Waals surface area contributed by atoms with Gasteiger partial charge in [0.1, 0.15) is 0 Å². The molecule has 2 aromatic carbocycles. The number of benzene rings is 2. The summed E-state index contributed by atoms with van der Waals surface area (Å²) < 4.78 is 5.26. The molecule has 1 atom stereocenters. The van der Waals surface area contributed by atoms with E-state index in [1.165, 1.54) is 11.7 Å². The lowest BCUT2D eigenvalue weighted by Crippen LogP contribution is -2.30. The van der Waals surface area contributed by atoms with Crippen LogP contribution in [-0.2, 0) is 9.53 Å². The Morgan fingerprint density at radius 2 is 1.86 bits per heavy atom. The van der Waals surface area contributed by atoms with E-state index in [0.29, 0.717) is 22.1 Å². The molecule has 3 rings (SSSR count). The zero-order valence-electron chi connectivity index (χ0n) is 15.6. The number of hydrogen-bond donors (Lipinski definition) is 1. The van der Waals surface area contributed by atoms with Gasteiger partial charge in [-0.05, 0) is 56.7 Å². The highest BCUT2D eigenvalue weighted by Crippen LogP contribution is 2.16. The molecule has 0 radical (unpaired) electrons. The molecular formula is C20H19ClN4O3. The first-order valence-corrected chi connectivity index (χ1v) is 8.99. The largest absolute Gasteiger partial charge is 0.448 e. The molecule has 0 fully saturated rings. The van der Waals surface area contributed by atoms with Crippen LogP contribution >= 0.6 is 11.6 Å². The van der Waals surface area contributed by atoms with Gasteiger partial charge < -0.3 is 10.1 Å². The zero-order valence-corrected chi connectivity index (χ0v) is 16.4. The van der Waals surface area contributed by atoms with E-state index in [0.717, 1.165) is 5.56 Å². The second kappa shape index (κ2) is 8.22. The molecule has 0 aliphatic rings. The molecule has 0 aliphatic carbocycles. The second-order valence-corrected chi connectivity index (χ2v) is 6.75. The number of nitrogens with zero attached hydrogens (tertiary/aromatic N) is 3. The van der Waals surface area contributed by atoms with E-state index in [-0.39, 0.29) is 5.69 Å². The highest BCUT2D eigenvalue weighted by molar-refractivity contribution is 6.30. The molecule has 1 amide bonds. The van der Waals surface area contributed by atoms with Crippen molar-refractivity contribution in [2.24, 2.45) is 0 Å². The standard InChI is InChI=1S/C20H19ClN4O3/c1-12-6-4-8-16(10-12)22-19(26)14(3)28-20(27)18-13(2)23-25(24-18)17-9-5-7-15(21)11-17/h4-11,14H,1-3H3,(H,22,26)/t14-/m0/s1. The fourth-order valence-corrected chi connectivity index (χ4v) is 2.70. The summed E-state index contributed by atoms with van der Waals surface area (Å²) >= 11 is 5.98. The highest BCUT2D eigenvalue weighted by atomic mass is 35.5. The van der Waals surface area contributed by atoms with Crippen molar-refractivity contribution >= 4 is 29.2 Å². The number of halogens is 1. The van der Waals surface area contributed by atoms with Crippen molar-refractivity contribution in [3.8, 4) is 5.69 Å². The van der Waals surface area contributed by atoms with E-state index in [9.17, 15) is 9.59 Å². The average Bonchev–Trinajstić information content (AvgIpc) is 3.03. The Hall–Kier alpha value is -3.19. The molecule has 0 saturated heterocycles. The van der Waals surface area contributed by atoms with Gasteiger partial charge in [0.05, 0.1) is 11.4 Å². The van der Waals surface area contributed by atoms with Crippen LogP contribution in [0.3, 0.4) is 0 Å². The van der Waals surface area contributed by atoms with Crippen molar-refractivity contribution in [2.75, 3.05) is 5.32 Å². The maximum Gasteiger partial charge on any atom is 0.361 e. The van der Waals surface area contributed by atoms with Crippen LogP contribution < -0.4 is 5.32 Å². The molecule has 1 heterocycles. The fraction of sp³-hybridized carbons (Fsp3) is 0.200. The van der Waals surface area contributed by atoms with Crippen molar-refractivity contribution in [1.82, 2.24) is 15.0 Å². The van der Waals surface area contributed by atoms with Gasteiger partial charge in [-0.15, -0.1) is 5.10 Å². The summed E-state index contributed by atoms with van der Waals surface area (Å²) in [6.45, 7) is 5.06. The van der Waals surface area contributed by atoms with E-state index < -0.39 is 18.0 Å². The number of esters is 1. The molecule has 1 N–H and O–H groups in total. The number of aromatic nitrogens is 3. The molecule has 7 nitrogen and oxygen atoms in total.